The molecule has 0 unspecified atom stereocenters. The monoisotopic (exact) mass is 266 g/mol. The number of nitrogens with zero attached hydrogens (tertiary/aromatic N) is 1. The number of hydrogen-bond donors (Lipinski definition) is 1. The predicted molar refractivity (Wildman–Crippen MR) is 81.1 cm³/mol. The molecule has 1 rings (SSSR count). The van der Waals surface area contributed by atoms with Crippen LogP contribution in [0.2, 0.25) is 0 Å². The molecular formula is C16H30N2O. The molecule has 0 spiro atoms. The minimum absolute atomic E-state index is 0.676. The molecule has 0 aromatic carbocycles. The fraction of sp³-hybridized carbons (Fsp3) is 0.750. The summed E-state index contributed by atoms with van der Waals surface area (Å²) in [5.74, 6) is 1.77. The lowest BCUT2D eigenvalue weighted by atomic mass is 10.2. The SMILES string of the molecule is CCCCN(CC)Cc1ccoc1CNCC(C)C. The second-order valence-corrected chi connectivity index (χ2v) is 5.62. The maximum Gasteiger partial charge on any atom is 0.122 e. The first-order valence-electron chi connectivity index (χ1n) is 7.65. The van der Waals surface area contributed by atoms with Gasteiger partial charge in [-0.25, -0.2) is 0 Å². The Morgan fingerprint density at radius 3 is 2.74 bits per heavy atom. The Labute approximate surface area is 118 Å². The lowest BCUT2D eigenvalue weighted by molar-refractivity contribution is 0.272. The van der Waals surface area contributed by atoms with Crippen LogP contribution in [0.5, 0.6) is 0 Å². The Hall–Kier alpha value is -0.800. The summed E-state index contributed by atoms with van der Waals surface area (Å²) in [6.07, 6.45) is 4.34. The minimum Gasteiger partial charge on any atom is -0.468 e. The van der Waals surface area contributed by atoms with Crippen molar-refractivity contribution < 1.29 is 4.42 Å². The number of furan rings is 1. The van der Waals surface area contributed by atoms with E-state index in [2.05, 4.69) is 44.0 Å². The van der Waals surface area contributed by atoms with Gasteiger partial charge in [0.1, 0.15) is 5.76 Å². The van der Waals surface area contributed by atoms with E-state index in [0.29, 0.717) is 5.92 Å². The van der Waals surface area contributed by atoms with Crippen LogP contribution in [0, 0.1) is 5.92 Å². The second kappa shape index (κ2) is 9.16. The van der Waals surface area contributed by atoms with Crippen molar-refractivity contribution in [2.45, 2.75) is 53.6 Å². The summed E-state index contributed by atoms with van der Waals surface area (Å²) in [4.78, 5) is 2.49. The third kappa shape index (κ3) is 6.26. The molecule has 0 aliphatic carbocycles. The maximum absolute atomic E-state index is 5.61. The molecule has 1 heterocycles. The topological polar surface area (TPSA) is 28.4 Å². The van der Waals surface area contributed by atoms with Gasteiger partial charge in [-0.05, 0) is 38.0 Å². The van der Waals surface area contributed by atoms with Gasteiger partial charge in [0.25, 0.3) is 0 Å². The van der Waals surface area contributed by atoms with Gasteiger partial charge in [0.15, 0.2) is 0 Å². The third-order valence-corrected chi connectivity index (χ3v) is 3.34. The average molecular weight is 266 g/mol. The molecule has 19 heavy (non-hydrogen) atoms. The second-order valence-electron chi connectivity index (χ2n) is 5.62. The van der Waals surface area contributed by atoms with E-state index in [-0.39, 0.29) is 0 Å². The lowest BCUT2D eigenvalue weighted by Gasteiger charge is -2.20. The fourth-order valence-electron chi connectivity index (χ4n) is 2.11. The largest absolute Gasteiger partial charge is 0.468 e. The van der Waals surface area contributed by atoms with Crippen LogP contribution in [0.15, 0.2) is 16.7 Å². The fourth-order valence-corrected chi connectivity index (χ4v) is 2.11. The number of nitrogens with one attached hydrogen (secondary N) is 1. The van der Waals surface area contributed by atoms with Crippen LogP contribution in [0.3, 0.4) is 0 Å². The normalized spacial score (nSPS) is 11.7. The molecule has 3 nitrogen and oxygen atoms in total. The summed E-state index contributed by atoms with van der Waals surface area (Å²) >= 11 is 0. The van der Waals surface area contributed by atoms with Gasteiger partial charge in [0.05, 0.1) is 12.8 Å². The Morgan fingerprint density at radius 1 is 1.32 bits per heavy atom. The van der Waals surface area contributed by atoms with Gasteiger partial charge in [-0.3, -0.25) is 4.90 Å². The zero-order valence-corrected chi connectivity index (χ0v) is 13.0. The van der Waals surface area contributed by atoms with Crippen molar-refractivity contribution >= 4 is 0 Å². The van der Waals surface area contributed by atoms with Crippen molar-refractivity contribution in [1.29, 1.82) is 0 Å². The lowest BCUT2D eigenvalue weighted by Crippen LogP contribution is -2.25. The van der Waals surface area contributed by atoms with E-state index in [1.165, 1.54) is 24.9 Å². The summed E-state index contributed by atoms with van der Waals surface area (Å²) in [5, 5.41) is 3.45. The molecule has 1 aromatic heterocycles. The Bertz CT molecular complexity index is 333. The molecule has 0 bridgehead atoms. The molecule has 0 atom stereocenters. The zero-order valence-electron chi connectivity index (χ0n) is 13.0. The Kier molecular flexibility index (Phi) is 7.84. The van der Waals surface area contributed by atoms with E-state index >= 15 is 0 Å². The molecule has 0 radical (unpaired) electrons. The van der Waals surface area contributed by atoms with Crippen LogP contribution in [-0.4, -0.2) is 24.5 Å². The van der Waals surface area contributed by atoms with E-state index in [4.69, 9.17) is 4.42 Å². The first-order chi connectivity index (χ1) is 9.17. The molecule has 110 valence electrons. The summed E-state index contributed by atoms with van der Waals surface area (Å²) in [6, 6.07) is 2.11. The van der Waals surface area contributed by atoms with E-state index < -0.39 is 0 Å². The third-order valence-electron chi connectivity index (χ3n) is 3.34. The van der Waals surface area contributed by atoms with Gasteiger partial charge in [-0.1, -0.05) is 34.1 Å². The van der Waals surface area contributed by atoms with E-state index in [0.717, 1.165) is 31.9 Å². The molecule has 0 saturated heterocycles. The van der Waals surface area contributed by atoms with Crippen LogP contribution < -0.4 is 5.32 Å². The predicted octanol–water partition coefficient (Wildman–Crippen LogP) is 3.65. The van der Waals surface area contributed by atoms with Gasteiger partial charge >= 0.3 is 0 Å². The van der Waals surface area contributed by atoms with Crippen LogP contribution in [0.25, 0.3) is 0 Å². The van der Waals surface area contributed by atoms with Crippen LogP contribution in [0.4, 0.5) is 0 Å². The molecule has 3 heteroatoms. The first kappa shape index (κ1) is 16.3. The molecular weight excluding hydrogens is 236 g/mol. The molecule has 0 aliphatic heterocycles. The highest BCUT2D eigenvalue weighted by atomic mass is 16.3. The van der Waals surface area contributed by atoms with Crippen molar-refractivity contribution in [3.8, 4) is 0 Å². The average Bonchev–Trinajstić information content (AvgIpc) is 2.81. The van der Waals surface area contributed by atoms with Crippen LogP contribution in [0.1, 0.15) is 51.9 Å². The number of hydrogen-bond acceptors (Lipinski definition) is 3. The zero-order chi connectivity index (χ0) is 14.1. The number of unbranched alkanes of at least 4 members (excludes halogenated alkanes) is 1. The summed E-state index contributed by atoms with van der Waals surface area (Å²) in [6.45, 7) is 14.1. The first-order valence-corrected chi connectivity index (χ1v) is 7.65. The van der Waals surface area contributed by atoms with E-state index in [1.807, 2.05) is 6.26 Å². The highest BCUT2D eigenvalue weighted by molar-refractivity contribution is 5.16. The molecule has 0 amide bonds. The van der Waals surface area contributed by atoms with E-state index in [1.54, 1.807) is 0 Å². The summed E-state index contributed by atoms with van der Waals surface area (Å²) in [5.41, 5.74) is 1.33. The smallest absolute Gasteiger partial charge is 0.122 e. The van der Waals surface area contributed by atoms with Gasteiger partial charge in [0, 0.05) is 12.1 Å². The van der Waals surface area contributed by atoms with Crippen molar-refractivity contribution in [3.05, 3.63) is 23.7 Å². The quantitative estimate of drug-likeness (QED) is 0.701. The van der Waals surface area contributed by atoms with Gasteiger partial charge in [-0.15, -0.1) is 0 Å². The van der Waals surface area contributed by atoms with Crippen LogP contribution in [-0.2, 0) is 13.1 Å². The highest BCUT2D eigenvalue weighted by Crippen LogP contribution is 2.14. The minimum atomic E-state index is 0.676. The van der Waals surface area contributed by atoms with Gasteiger partial charge < -0.3 is 9.73 Å². The van der Waals surface area contributed by atoms with Crippen molar-refractivity contribution in [2.24, 2.45) is 5.92 Å². The summed E-state index contributed by atoms with van der Waals surface area (Å²) < 4.78 is 5.61. The maximum atomic E-state index is 5.61. The van der Waals surface area contributed by atoms with Gasteiger partial charge in [-0.2, -0.15) is 0 Å². The molecule has 0 aliphatic rings. The standard InChI is InChI=1S/C16H30N2O/c1-5-7-9-18(6-2)13-15-8-10-19-16(15)12-17-11-14(3)4/h8,10,14,17H,5-7,9,11-13H2,1-4H3. The van der Waals surface area contributed by atoms with Crippen LogP contribution >= 0.6 is 0 Å². The Balaban J connectivity index is 2.46. The number of rotatable bonds is 10. The van der Waals surface area contributed by atoms with Crippen molar-refractivity contribution in [3.63, 3.8) is 0 Å². The highest BCUT2D eigenvalue weighted by Gasteiger charge is 2.10. The Morgan fingerprint density at radius 2 is 2.11 bits per heavy atom. The van der Waals surface area contributed by atoms with E-state index in [9.17, 15) is 0 Å². The summed E-state index contributed by atoms with van der Waals surface area (Å²) in [7, 11) is 0. The van der Waals surface area contributed by atoms with Gasteiger partial charge in [0.2, 0.25) is 0 Å². The molecule has 1 aromatic rings. The molecule has 0 saturated carbocycles. The molecule has 0 fully saturated rings. The van der Waals surface area contributed by atoms with Crippen molar-refractivity contribution in [2.75, 3.05) is 19.6 Å². The molecule has 1 N–H and O–H groups in total. The van der Waals surface area contributed by atoms with Crippen molar-refractivity contribution in [1.82, 2.24) is 10.2 Å².